The van der Waals surface area contributed by atoms with E-state index in [0.717, 1.165) is 18.4 Å². The molecule has 0 aromatic carbocycles. The van der Waals surface area contributed by atoms with Crippen LogP contribution in [0, 0.1) is 0 Å². The van der Waals surface area contributed by atoms with Crippen molar-refractivity contribution < 1.29 is 4.79 Å². The largest absolute Gasteiger partial charge is 0.295 e. The molecule has 2 rings (SSSR count). The van der Waals surface area contributed by atoms with E-state index < -0.39 is 0 Å². The summed E-state index contributed by atoms with van der Waals surface area (Å²) in [7, 11) is 0. The molecule has 0 saturated heterocycles. The van der Waals surface area contributed by atoms with Crippen LogP contribution in [0.1, 0.15) is 19.3 Å². The minimum Gasteiger partial charge on any atom is -0.295 e. The van der Waals surface area contributed by atoms with Crippen molar-refractivity contribution in [2.24, 2.45) is 4.99 Å². The van der Waals surface area contributed by atoms with Gasteiger partial charge in [-0.3, -0.25) is 4.79 Å². The first-order valence-corrected chi connectivity index (χ1v) is 4.47. The number of hydrogen-bond donors (Lipinski definition) is 1. The third-order valence-electron chi connectivity index (χ3n) is 1.99. The number of aromatic amines is 1. The topological polar surface area (TPSA) is 71.0 Å². The third kappa shape index (κ3) is 2.12. The summed E-state index contributed by atoms with van der Waals surface area (Å²) < 4.78 is 0. The van der Waals surface area contributed by atoms with Gasteiger partial charge in [-0.2, -0.15) is 10.1 Å². The number of carbonyl (C=O) groups excluding carboxylic acids is 1. The van der Waals surface area contributed by atoms with Crippen molar-refractivity contribution in [1.29, 1.82) is 0 Å². The zero-order chi connectivity index (χ0) is 9.80. The minimum absolute atomic E-state index is 0.176. The molecule has 0 saturated carbocycles. The quantitative estimate of drug-likeness (QED) is 0.712. The monoisotopic (exact) mass is 190 g/mol. The summed E-state index contributed by atoms with van der Waals surface area (Å²) in [6.45, 7) is 0. The van der Waals surface area contributed by atoms with Crippen molar-refractivity contribution >= 4 is 17.9 Å². The van der Waals surface area contributed by atoms with Gasteiger partial charge in [-0.1, -0.05) is 0 Å². The Morgan fingerprint density at radius 2 is 2.43 bits per heavy atom. The smallest absolute Gasteiger partial charge is 0.245 e. The molecule has 0 radical (unpaired) electrons. The second kappa shape index (κ2) is 3.95. The summed E-state index contributed by atoms with van der Waals surface area (Å²) in [5, 5.41) is 6.28. The lowest BCUT2D eigenvalue weighted by atomic mass is 10.00. The predicted molar refractivity (Wildman–Crippen MR) is 51.5 cm³/mol. The van der Waals surface area contributed by atoms with Gasteiger partial charge in [0.2, 0.25) is 5.95 Å². The number of allylic oxidation sites excluding steroid dienone is 2. The fourth-order valence-corrected chi connectivity index (χ4v) is 1.32. The first-order chi connectivity index (χ1) is 6.84. The zero-order valence-electron chi connectivity index (χ0n) is 7.60. The molecule has 0 spiro atoms. The van der Waals surface area contributed by atoms with Gasteiger partial charge in [0.1, 0.15) is 6.33 Å². The number of aliphatic imine (C=N–C) groups is 1. The Hall–Kier alpha value is -1.78. The zero-order valence-corrected chi connectivity index (χ0v) is 7.60. The highest BCUT2D eigenvalue weighted by Gasteiger charge is 2.07. The molecular weight excluding hydrogens is 180 g/mol. The van der Waals surface area contributed by atoms with Crippen molar-refractivity contribution in [3.63, 3.8) is 0 Å². The van der Waals surface area contributed by atoms with Crippen LogP contribution in [0.15, 0.2) is 23.0 Å². The van der Waals surface area contributed by atoms with Crippen LogP contribution in [0.4, 0.5) is 5.95 Å². The van der Waals surface area contributed by atoms with Crippen molar-refractivity contribution in [2.45, 2.75) is 19.3 Å². The van der Waals surface area contributed by atoms with Crippen LogP contribution in [-0.4, -0.2) is 27.2 Å². The second-order valence-electron chi connectivity index (χ2n) is 3.11. The van der Waals surface area contributed by atoms with E-state index in [-0.39, 0.29) is 5.78 Å². The molecule has 1 aromatic heterocycles. The summed E-state index contributed by atoms with van der Waals surface area (Å²) in [6, 6.07) is 0. The van der Waals surface area contributed by atoms with Crippen molar-refractivity contribution in [1.82, 2.24) is 15.2 Å². The number of nitrogens with zero attached hydrogens (tertiary/aromatic N) is 3. The van der Waals surface area contributed by atoms with Crippen LogP contribution < -0.4 is 0 Å². The molecule has 0 atom stereocenters. The summed E-state index contributed by atoms with van der Waals surface area (Å²) >= 11 is 0. The van der Waals surface area contributed by atoms with E-state index in [4.69, 9.17) is 0 Å². The predicted octanol–water partition coefficient (Wildman–Crippen LogP) is 1.19. The van der Waals surface area contributed by atoms with E-state index >= 15 is 0 Å². The molecule has 0 fully saturated rings. The lowest BCUT2D eigenvalue weighted by molar-refractivity contribution is -0.115. The van der Waals surface area contributed by atoms with Crippen LogP contribution in [0.25, 0.3) is 0 Å². The van der Waals surface area contributed by atoms with Gasteiger partial charge in [0.15, 0.2) is 5.78 Å². The molecule has 1 aromatic rings. The van der Waals surface area contributed by atoms with Crippen LogP contribution >= 0.6 is 0 Å². The molecule has 1 N–H and O–H groups in total. The average molecular weight is 190 g/mol. The fraction of sp³-hybridized carbons (Fsp3) is 0.333. The molecule has 5 heteroatoms. The Morgan fingerprint density at radius 3 is 3.14 bits per heavy atom. The van der Waals surface area contributed by atoms with Gasteiger partial charge in [-0.15, -0.1) is 0 Å². The van der Waals surface area contributed by atoms with E-state index in [9.17, 15) is 4.79 Å². The first kappa shape index (κ1) is 8.80. The van der Waals surface area contributed by atoms with Crippen LogP contribution in [0.5, 0.6) is 0 Å². The van der Waals surface area contributed by atoms with Crippen LogP contribution in [0.2, 0.25) is 0 Å². The van der Waals surface area contributed by atoms with E-state index in [2.05, 4.69) is 20.2 Å². The van der Waals surface area contributed by atoms with E-state index in [1.54, 1.807) is 12.3 Å². The van der Waals surface area contributed by atoms with E-state index in [1.165, 1.54) is 6.33 Å². The summed E-state index contributed by atoms with van der Waals surface area (Å²) in [5.74, 6) is 0.638. The van der Waals surface area contributed by atoms with Crippen LogP contribution in [0.3, 0.4) is 0 Å². The molecule has 1 aliphatic carbocycles. The molecular formula is C9H10N4O. The fourth-order valence-electron chi connectivity index (χ4n) is 1.32. The maximum absolute atomic E-state index is 11.1. The van der Waals surface area contributed by atoms with E-state index in [1.807, 2.05) is 0 Å². The van der Waals surface area contributed by atoms with Crippen molar-refractivity contribution in [2.75, 3.05) is 0 Å². The molecule has 1 aliphatic rings. The lowest BCUT2D eigenvalue weighted by Crippen LogP contribution is -2.03. The summed E-state index contributed by atoms with van der Waals surface area (Å²) in [6.07, 6.45) is 7.17. The maximum atomic E-state index is 11.1. The van der Waals surface area contributed by atoms with Crippen molar-refractivity contribution in [3.05, 3.63) is 18.0 Å². The highest BCUT2D eigenvalue weighted by Crippen LogP contribution is 2.13. The van der Waals surface area contributed by atoms with Gasteiger partial charge in [-0.05, 0) is 24.5 Å². The van der Waals surface area contributed by atoms with Gasteiger partial charge < -0.3 is 0 Å². The number of aromatic nitrogens is 3. The molecule has 0 unspecified atom stereocenters. The molecule has 0 aliphatic heterocycles. The maximum Gasteiger partial charge on any atom is 0.245 e. The number of ketones is 1. The van der Waals surface area contributed by atoms with Crippen LogP contribution in [-0.2, 0) is 4.79 Å². The standard InChI is InChI=1S/C9H10N4O/c14-8-3-1-2-7(4-8)5-10-9-11-6-12-13-9/h4-6H,1-3H2,(H,11,12,13)/b10-5+. The molecule has 72 valence electrons. The number of H-pyrrole nitrogens is 1. The molecule has 5 nitrogen and oxygen atoms in total. The SMILES string of the molecule is O=C1C=C(/C=N/c2ncn[nH]2)CCC1. The van der Waals surface area contributed by atoms with Gasteiger partial charge in [-0.25, -0.2) is 10.1 Å². The normalized spacial score (nSPS) is 17.4. The number of carbonyl (C=O) groups is 1. The highest BCUT2D eigenvalue weighted by molar-refractivity contribution is 5.97. The average Bonchev–Trinajstić information content (AvgIpc) is 2.67. The Kier molecular flexibility index (Phi) is 2.48. The Labute approximate surface area is 81.0 Å². The summed E-state index contributed by atoms with van der Waals surface area (Å²) in [5.41, 5.74) is 0.956. The molecule has 1 heterocycles. The Balaban J connectivity index is 2.07. The second-order valence-corrected chi connectivity index (χ2v) is 3.11. The number of hydrogen-bond acceptors (Lipinski definition) is 4. The van der Waals surface area contributed by atoms with Gasteiger partial charge in [0, 0.05) is 12.6 Å². The lowest BCUT2D eigenvalue weighted by Gasteiger charge is -2.05. The number of rotatable bonds is 2. The first-order valence-electron chi connectivity index (χ1n) is 4.47. The highest BCUT2D eigenvalue weighted by atomic mass is 16.1. The molecule has 0 bridgehead atoms. The van der Waals surface area contributed by atoms with E-state index in [0.29, 0.717) is 12.4 Å². The Bertz CT molecular complexity index is 378. The third-order valence-corrected chi connectivity index (χ3v) is 1.99. The summed E-state index contributed by atoms with van der Waals surface area (Å²) in [4.78, 5) is 19.0. The van der Waals surface area contributed by atoms with Gasteiger partial charge in [0.25, 0.3) is 0 Å². The minimum atomic E-state index is 0.176. The Morgan fingerprint density at radius 1 is 1.50 bits per heavy atom. The number of nitrogens with one attached hydrogen (secondary N) is 1. The van der Waals surface area contributed by atoms with Gasteiger partial charge >= 0.3 is 0 Å². The van der Waals surface area contributed by atoms with Crippen molar-refractivity contribution in [3.8, 4) is 0 Å². The van der Waals surface area contributed by atoms with Gasteiger partial charge in [0.05, 0.1) is 0 Å². The molecule has 0 amide bonds. The molecule has 14 heavy (non-hydrogen) atoms.